The summed E-state index contributed by atoms with van der Waals surface area (Å²) in [7, 11) is 0. The van der Waals surface area contributed by atoms with Gasteiger partial charge in [0.25, 0.3) is 0 Å². The number of nitrogens with one attached hydrogen (secondary N) is 1. The van der Waals surface area contributed by atoms with Crippen LogP contribution < -0.4 is 5.32 Å². The number of hydrogen-bond acceptors (Lipinski definition) is 2. The number of Topliss-reactive ketones (excluding diaryl/α,β-unsaturated/α-hetero) is 1. The highest BCUT2D eigenvalue weighted by atomic mass is 16.1. The second-order valence-electron chi connectivity index (χ2n) is 4.75. The van der Waals surface area contributed by atoms with E-state index in [2.05, 4.69) is 25.2 Å². The van der Waals surface area contributed by atoms with Crippen molar-refractivity contribution in [2.75, 3.05) is 6.54 Å². The van der Waals surface area contributed by atoms with Crippen molar-refractivity contribution in [3.05, 3.63) is 34.9 Å². The summed E-state index contributed by atoms with van der Waals surface area (Å²) in [6, 6.07) is 6.50. The third kappa shape index (κ3) is 4.31. The summed E-state index contributed by atoms with van der Waals surface area (Å²) in [5.74, 6) is 0.235. The van der Waals surface area contributed by atoms with Crippen molar-refractivity contribution in [3.8, 4) is 0 Å². The maximum absolute atomic E-state index is 12.0. The average molecular weight is 233 g/mol. The van der Waals surface area contributed by atoms with E-state index in [4.69, 9.17) is 0 Å². The number of carbonyl (C=O) groups is 1. The van der Waals surface area contributed by atoms with E-state index in [1.807, 2.05) is 26.0 Å². The Kier molecular flexibility index (Phi) is 5.36. The van der Waals surface area contributed by atoms with Crippen LogP contribution in [0, 0.1) is 13.8 Å². The van der Waals surface area contributed by atoms with Gasteiger partial charge in [0.1, 0.15) is 0 Å². The Hall–Kier alpha value is -1.15. The number of carbonyl (C=O) groups excluding carboxylic acids is 1. The molecule has 0 amide bonds. The fraction of sp³-hybridized carbons (Fsp3) is 0.533. The molecule has 1 atom stereocenters. The van der Waals surface area contributed by atoms with Crippen LogP contribution in [-0.4, -0.2) is 18.4 Å². The van der Waals surface area contributed by atoms with Gasteiger partial charge < -0.3 is 5.32 Å². The maximum atomic E-state index is 12.0. The Morgan fingerprint density at radius 2 is 2.06 bits per heavy atom. The van der Waals surface area contributed by atoms with Crippen LogP contribution in [0.4, 0.5) is 0 Å². The standard InChI is InChI=1S/C15H23NO/c1-5-13(4)16-9-8-15(17)14-7-6-11(2)10-12(14)3/h6-7,10,13,16H,5,8-9H2,1-4H3. The van der Waals surface area contributed by atoms with Gasteiger partial charge in [-0.2, -0.15) is 0 Å². The zero-order valence-electron chi connectivity index (χ0n) is 11.3. The van der Waals surface area contributed by atoms with E-state index in [9.17, 15) is 4.79 Å². The molecule has 1 aromatic carbocycles. The van der Waals surface area contributed by atoms with Crippen molar-refractivity contribution < 1.29 is 4.79 Å². The lowest BCUT2D eigenvalue weighted by Gasteiger charge is -2.11. The topological polar surface area (TPSA) is 29.1 Å². The van der Waals surface area contributed by atoms with Crippen LogP contribution in [0.2, 0.25) is 0 Å². The first-order chi connectivity index (χ1) is 8.04. The first-order valence-corrected chi connectivity index (χ1v) is 6.38. The molecule has 0 spiro atoms. The minimum absolute atomic E-state index is 0.235. The lowest BCUT2D eigenvalue weighted by Crippen LogP contribution is -2.27. The zero-order valence-corrected chi connectivity index (χ0v) is 11.3. The molecule has 0 saturated heterocycles. The lowest BCUT2D eigenvalue weighted by molar-refractivity contribution is 0.0981. The molecule has 0 radical (unpaired) electrons. The molecular formula is C15H23NO. The SMILES string of the molecule is CCC(C)NCCC(=O)c1ccc(C)cc1C. The van der Waals surface area contributed by atoms with Gasteiger partial charge in [-0.25, -0.2) is 0 Å². The van der Waals surface area contributed by atoms with Gasteiger partial charge in [0.2, 0.25) is 0 Å². The van der Waals surface area contributed by atoms with E-state index in [0.29, 0.717) is 12.5 Å². The molecule has 1 rings (SSSR count). The summed E-state index contributed by atoms with van der Waals surface area (Å²) in [5.41, 5.74) is 3.15. The smallest absolute Gasteiger partial charge is 0.164 e. The summed E-state index contributed by atoms with van der Waals surface area (Å²) in [6.07, 6.45) is 1.67. The Morgan fingerprint density at radius 1 is 1.35 bits per heavy atom. The summed E-state index contributed by atoms with van der Waals surface area (Å²) < 4.78 is 0. The molecule has 0 saturated carbocycles. The first-order valence-electron chi connectivity index (χ1n) is 6.38. The van der Waals surface area contributed by atoms with Crippen LogP contribution in [0.15, 0.2) is 18.2 Å². The van der Waals surface area contributed by atoms with Crippen molar-refractivity contribution >= 4 is 5.78 Å². The van der Waals surface area contributed by atoms with E-state index >= 15 is 0 Å². The van der Waals surface area contributed by atoms with Crippen molar-refractivity contribution in [1.29, 1.82) is 0 Å². The summed E-state index contributed by atoms with van der Waals surface area (Å²) in [6.45, 7) is 9.10. The summed E-state index contributed by atoms with van der Waals surface area (Å²) >= 11 is 0. The highest BCUT2D eigenvalue weighted by Crippen LogP contribution is 2.12. The molecule has 0 fully saturated rings. The fourth-order valence-electron chi connectivity index (χ4n) is 1.84. The largest absolute Gasteiger partial charge is 0.314 e. The minimum Gasteiger partial charge on any atom is -0.314 e. The van der Waals surface area contributed by atoms with Crippen LogP contribution in [0.3, 0.4) is 0 Å². The molecule has 94 valence electrons. The number of ketones is 1. The number of rotatable bonds is 6. The van der Waals surface area contributed by atoms with Gasteiger partial charge in [-0.3, -0.25) is 4.79 Å². The van der Waals surface area contributed by atoms with Gasteiger partial charge in [-0.15, -0.1) is 0 Å². The van der Waals surface area contributed by atoms with Crippen LogP contribution in [0.25, 0.3) is 0 Å². The molecule has 0 aliphatic heterocycles. The van der Waals surface area contributed by atoms with Crippen LogP contribution >= 0.6 is 0 Å². The van der Waals surface area contributed by atoms with E-state index in [1.54, 1.807) is 0 Å². The quantitative estimate of drug-likeness (QED) is 0.764. The molecular weight excluding hydrogens is 210 g/mol. The molecule has 1 aromatic rings. The van der Waals surface area contributed by atoms with Gasteiger partial charge >= 0.3 is 0 Å². The monoisotopic (exact) mass is 233 g/mol. The molecule has 0 aliphatic carbocycles. The van der Waals surface area contributed by atoms with E-state index in [-0.39, 0.29) is 5.78 Å². The van der Waals surface area contributed by atoms with E-state index < -0.39 is 0 Å². The van der Waals surface area contributed by atoms with Gasteiger partial charge in [0.15, 0.2) is 5.78 Å². The van der Waals surface area contributed by atoms with Gasteiger partial charge in [0, 0.05) is 24.6 Å². The molecule has 2 heteroatoms. The normalized spacial score (nSPS) is 12.5. The number of hydrogen-bond donors (Lipinski definition) is 1. The average Bonchev–Trinajstić information content (AvgIpc) is 2.28. The van der Waals surface area contributed by atoms with Crippen LogP contribution in [0.1, 0.15) is 48.2 Å². The highest BCUT2D eigenvalue weighted by molar-refractivity contribution is 5.97. The Bertz CT molecular complexity index is 385. The van der Waals surface area contributed by atoms with Crippen molar-refractivity contribution in [2.45, 2.75) is 46.6 Å². The molecule has 0 aliphatic rings. The zero-order chi connectivity index (χ0) is 12.8. The fourth-order valence-corrected chi connectivity index (χ4v) is 1.84. The van der Waals surface area contributed by atoms with Crippen molar-refractivity contribution in [1.82, 2.24) is 5.32 Å². The van der Waals surface area contributed by atoms with Crippen LogP contribution in [0.5, 0.6) is 0 Å². The third-order valence-electron chi connectivity index (χ3n) is 3.14. The number of benzene rings is 1. The molecule has 2 nitrogen and oxygen atoms in total. The number of aryl methyl sites for hydroxylation is 2. The van der Waals surface area contributed by atoms with E-state index in [0.717, 1.165) is 24.1 Å². The summed E-state index contributed by atoms with van der Waals surface area (Å²) in [4.78, 5) is 12.0. The molecule has 1 unspecified atom stereocenters. The Morgan fingerprint density at radius 3 is 2.65 bits per heavy atom. The Labute approximate surface area is 104 Å². The molecule has 0 heterocycles. The lowest BCUT2D eigenvalue weighted by atomic mass is 10.0. The third-order valence-corrected chi connectivity index (χ3v) is 3.14. The minimum atomic E-state index is 0.235. The van der Waals surface area contributed by atoms with Gasteiger partial charge in [-0.1, -0.05) is 30.7 Å². The second kappa shape index (κ2) is 6.55. The van der Waals surface area contributed by atoms with Gasteiger partial charge in [-0.05, 0) is 32.8 Å². The van der Waals surface area contributed by atoms with Crippen molar-refractivity contribution in [3.63, 3.8) is 0 Å². The van der Waals surface area contributed by atoms with E-state index in [1.165, 1.54) is 5.56 Å². The molecule has 0 bridgehead atoms. The van der Waals surface area contributed by atoms with Crippen LogP contribution in [-0.2, 0) is 0 Å². The highest BCUT2D eigenvalue weighted by Gasteiger charge is 2.09. The Balaban J connectivity index is 2.52. The predicted molar refractivity (Wildman–Crippen MR) is 72.6 cm³/mol. The predicted octanol–water partition coefficient (Wildman–Crippen LogP) is 3.26. The van der Waals surface area contributed by atoms with Crippen molar-refractivity contribution in [2.24, 2.45) is 0 Å². The second-order valence-corrected chi connectivity index (χ2v) is 4.75. The molecule has 17 heavy (non-hydrogen) atoms. The van der Waals surface area contributed by atoms with Gasteiger partial charge in [0.05, 0.1) is 0 Å². The molecule has 0 aromatic heterocycles. The maximum Gasteiger partial charge on any atom is 0.164 e. The molecule has 1 N–H and O–H groups in total. The summed E-state index contributed by atoms with van der Waals surface area (Å²) in [5, 5.41) is 3.34. The first kappa shape index (κ1) is 13.9.